The third kappa shape index (κ3) is 3.92. The van der Waals surface area contributed by atoms with Crippen LogP contribution in [0.5, 0.6) is 0 Å². The molecule has 1 heterocycles. The average molecular weight is 344 g/mol. The Labute approximate surface area is 140 Å². The number of rotatable bonds is 4. The van der Waals surface area contributed by atoms with E-state index in [1.165, 1.54) is 36.4 Å². The van der Waals surface area contributed by atoms with Crippen molar-refractivity contribution in [2.24, 2.45) is 0 Å². The predicted molar refractivity (Wildman–Crippen MR) is 86.0 cm³/mol. The number of hydrogen-bond acceptors (Lipinski definition) is 4. The molecule has 0 aliphatic carbocycles. The summed E-state index contributed by atoms with van der Waals surface area (Å²) >= 11 is 0. The summed E-state index contributed by atoms with van der Waals surface area (Å²) in [5.74, 6) is -2.71. The van der Waals surface area contributed by atoms with Gasteiger partial charge in [0.05, 0.1) is 0 Å². The van der Waals surface area contributed by atoms with E-state index >= 15 is 0 Å². The number of nitrogens with one attached hydrogen (secondary N) is 2. The van der Waals surface area contributed by atoms with Gasteiger partial charge >= 0.3 is 0 Å². The molecule has 0 fully saturated rings. The molecule has 25 heavy (non-hydrogen) atoms. The van der Waals surface area contributed by atoms with Gasteiger partial charge in [-0.3, -0.25) is 4.79 Å². The molecule has 8 heteroatoms. The number of aromatic nitrogens is 2. The van der Waals surface area contributed by atoms with Crippen LogP contribution in [-0.2, 0) is 0 Å². The Morgan fingerprint density at radius 1 is 0.920 bits per heavy atom. The first-order chi connectivity index (χ1) is 12.0. The van der Waals surface area contributed by atoms with Gasteiger partial charge in [0.2, 0.25) is 0 Å². The Morgan fingerprint density at radius 3 is 2.28 bits per heavy atom. The molecule has 5 nitrogen and oxygen atoms in total. The molecule has 2 N–H and O–H groups in total. The third-order valence-corrected chi connectivity index (χ3v) is 3.22. The zero-order chi connectivity index (χ0) is 17.8. The van der Waals surface area contributed by atoms with Crippen LogP contribution in [0.4, 0.5) is 30.4 Å². The van der Waals surface area contributed by atoms with Crippen LogP contribution in [0.3, 0.4) is 0 Å². The van der Waals surface area contributed by atoms with Gasteiger partial charge in [0, 0.05) is 11.8 Å². The quantitative estimate of drug-likeness (QED) is 0.753. The summed E-state index contributed by atoms with van der Waals surface area (Å²) in [6, 6.07) is 10.1. The van der Waals surface area contributed by atoms with Crippen LogP contribution in [0.1, 0.15) is 10.5 Å². The molecule has 126 valence electrons. The molecule has 2 aromatic carbocycles. The van der Waals surface area contributed by atoms with Gasteiger partial charge in [-0.15, -0.1) is 0 Å². The van der Waals surface area contributed by atoms with E-state index in [0.29, 0.717) is 5.69 Å². The molecule has 1 amide bonds. The first-order valence-corrected chi connectivity index (χ1v) is 7.13. The summed E-state index contributed by atoms with van der Waals surface area (Å²) in [5, 5.41) is 5.00. The molecule has 0 saturated heterocycles. The number of halogens is 3. The van der Waals surface area contributed by atoms with E-state index in [-0.39, 0.29) is 17.3 Å². The lowest BCUT2D eigenvalue weighted by Crippen LogP contribution is -2.16. The van der Waals surface area contributed by atoms with Crippen LogP contribution in [0, 0.1) is 17.5 Å². The second kappa shape index (κ2) is 7.00. The van der Waals surface area contributed by atoms with Crippen molar-refractivity contribution in [2.45, 2.75) is 0 Å². The lowest BCUT2D eigenvalue weighted by atomic mass is 10.2. The summed E-state index contributed by atoms with van der Waals surface area (Å²) < 4.78 is 40.1. The summed E-state index contributed by atoms with van der Waals surface area (Å²) in [6.45, 7) is 0. The van der Waals surface area contributed by atoms with Gasteiger partial charge in [-0.2, -0.15) is 0 Å². The zero-order valence-electron chi connectivity index (χ0n) is 12.6. The molecule has 0 bridgehead atoms. The number of amides is 1. The maximum atomic E-state index is 13.6. The van der Waals surface area contributed by atoms with Gasteiger partial charge in [-0.1, -0.05) is 6.07 Å². The molecular weight excluding hydrogens is 333 g/mol. The smallest absolute Gasteiger partial charge is 0.274 e. The minimum atomic E-state index is -0.896. The topological polar surface area (TPSA) is 66.9 Å². The van der Waals surface area contributed by atoms with Crippen LogP contribution < -0.4 is 10.6 Å². The first kappa shape index (κ1) is 16.4. The van der Waals surface area contributed by atoms with E-state index in [0.717, 1.165) is 18.5 Å². The Kier molecular flexibility index (Phi) is 4.60. The second-order valence-electron chi connectivity index (χ2n) is 4.97. The van der Waals surface area contributed by atoms with Gasteiger partial charge in [0.25, 0.3) is 5.91 Å². The van der Waals surface area contributed by atoms with E-state index in [1.807, 2.05) is 0 Å². The highest BCUT2D eigenvalue weighted by Crippen LogP contribution is 2.19. The second-order valence-corrected chi connectivity index (χ2v) is 4.97. The number of nitrogens with zero attached hydrogens (tertiary/aromatic N) is 2. The van der Waals surface area contributed by atoms with Crippen molar-refractivity contribution in [3.8, 4) is 0 Å². The van der Waals surface area contributed by atoms with Crippen LogP contribution in [0.25, 0.3) is 0 Å². The molecule has 1 aromatic heterocycles. The number of para-hydroxylation sites is 1. The van der Waals surface area contributed by atoms with E-state index < -0.39 is 23.2 Å². The first-order valence-electron chi connectivity index (χ1n) is 7.13. The van der Waals surface area contributed by atoms with E-state index in [2.05, 4.69) is 20.6 Å². The number of carbonyl (C=O) groups is 1. The van der Waals surface area contributed by atoms with Crippen LogP contribution in [-0.4, -0.2) is 15.9 Å². The van der Waals surface area contributed by atoms with Gasteiger partial charge in [-0.05, 0) is 36.4 Å². The molecule has 0 aliphatic rings. The fourth-order valence-corrected chi connectivity index (χ4v) is 2.03. The maximum absolute atomic E-state index is 13.6. The lowest BCUT2D eigenvalue weighted by molar-refractivity contribution is 0.102. The summed E-state index contributed by atoms with van der Waals surface area (Å²) in [7, 11) is 0. The van der Waals surface area contributed by atoms with E-state index in [1.54, 1.807) is 0 Å². The minimum absolute atomic E-state index is 0.0951. The fraction of sp³-hybridized carbons (Fsp3) is 0. The number of carbonyl (C=O) groups excluding carboxylic acids is 1. The molecular formula is C17H11F3N4O. The van der Waals surface area contributed by atoms with Crippen LogP contribution in [0.15, 0.2) is 54.9 Å². The van der Waals surface area contributed by atoms with Gasteiger partial charge < -0.3 is 10.6 Å². The fourth-order valence-electron chi connectivity index (χ4n) is 2.03. The Morgan fingerprint density at radius 2 is 1.60 bits per heavy atom. The largest absolute Gasteiger partial charge is 0.340 e. The summed E-state index contributed by atoms with van der Waals surface area (Å²) in [4.78, 5) is 19.9. The lowest BCUT2D eigenvalue weighted by Gasteiger charge is -2.09. The van der Waals surface area contributed by atoms with E-state index in [4.69, 9.17) is 0 Å². The van der Waals surface area contributed by atoms with Crippen LogP contribution >= 0.6 is 0 Å². The molecule has 3 aromatic rings. The van der Waals surface area contributed by atoms with Gasteiger partial charge in [-0.25, -0.2) is 23.1 Å². The predicted octanol–water partition coefficient (Wildman–Crippen LogP) is 3.89. The third-order valence-electron chi connectivity index (χ3n) is 3.22. The highest BCUT2D eigenvalue weighted by molar-refractivity contribution is 6.03. The standard InChI is InChI=1S/C17H11F3N4O/c18-10-4-6-11(7-5-10)23-15-8-14(21-9-22-15)17(25)24-16-12(19)2-1-3-13(16)20/h1-9H,(H,24,25)(H,21,22,23). The van der Waals surface area contributed by atoms with E-state index in [9.17, 15) is 18.0 Å². The monoisotopic (exact) mass is 344 g/mol. The average Bonchev–Trinajstić information content (AvgIpc) is 2.60. The van der Waals surface area contributed by atoms with Crippen molar-refractivity contribution >= 4 is 23.1 Å². The van der Waals surface area contributed by atoms with Crippen molar-refractivity contribution in [1.29, 1.82) is 0 Å². The van der Waals surface area contributed by atoms with Gasteiger partial charge in [0.1, 0.15) is 41.0 Å². The summed E-state index contributed by atoms with van der Waals surface area (Å²) in [6.07, 6.45) is 1.12. The zero-order valence-corrected chi connectivity index (χ0v) is 12.6. The van der Waals surface area contributed by atoms with Gasteiger partial charge in [0.15, 0.2) is 0 Å². The SMILES string of the molecule is O=C(Nc1c(F)cccc1F)c1cc(Nc2ccc(F)cc2)ncn1. The molecule has 0 atom stereocenters. The highest BCUT2D eigenvalue weighted by Gasteiger charge is 2.15. The Bertz CT molecular complexity index is 896. The van der Waals surface area contributed by atoms with Crippen molar-refractivity contribution in [1.82, 2.24) is 9.97 Å². The Hall–Kier alpha value is -3.42. The van der Waals surface area contributed by atoms with Crippen LogP contribution in [0.2, 0.25) is 0 Å². The maximum Gasteiger partial charge on any atom is 0.274 e. The molecule has 0 saturated carbocycles. The molecule has 0 radical (unpaired) electrons. The minimum Gasteiger partial charge on any atom is -0.340 e. The Balaban J connectivity index is 1.78. The molecule has 0 aliphatic heterocycles. The van der Waals surface area contributed by atoms with Crippen molar-refractivity contribution in [3.05, 3.63) is 78.0 Å². The molecule has 0 unspecified atom stereocenters. The van der Waals surface area contributed by atoms with Crippen molar-refractivity contribution in [3.63, 3.8) is 0 Å². The molecule has 3 rings (SSSR count). The number of benzene rings is 2. The number of anilines is 3. The number of hydrogen-bond donors (Lipinski definition) is 2. The summed E-state index contributed by atoms with van der Waals surface area (Å²) in [5.41, 5.74) is -0.104. The highest BCUT2D eigenvalue weighted by atomic mass is 19.1. The normalized spacial score (nSPS) is 10.4. The van der Waals surface area contributed by atoms with Crippen molar-refractivity contribution < 1.29 is 18.0 Å². The van der Waals surface area contributed by atoms with Crippen molar-refractivity contribution in [2.75, 3.05) is 10.6 Å². The molecule has 0 spiro atoms.